The molecule has 0 aromatic rings. The van der Waals surface area contributed by atoms with Crippen LogP contribution in [0.3, 0.4) is 0 Å². The van der Waals surface area contributed by atoms with E-state index in [2.05, 4.69) is 26.8 Å². The quantitative estimate of drug-likeness (QED) is 0.696. The molecule has 4 rings (SSSR count). The molecule has 4 aliphatic carbocycles. The second-order valence-electron chi connectivity index (χ2n) is 8.81. The minimum absolute atomic E-state index is 0.00453. The van der Waals surface area contributed by atoms with E-state index >= 15 is 0 Å². The Bertz CT molecular complexity index is 587. The van der Waals surface area contributed by atoms with Gasteiger partial charge in [-0.3, -0.25) is 4.79 Å². The highest BCUT2D eigenvalue weighted by atomic mass is 16.3. The van der Waals surface area contributed by atoms with Crippen molar-refractivity contribution in [3.05, 3.63) is 23.5 Å². The molecule has 0 bridgehead atoms. The van der Waals surface area contributed by atoms with Crippen LogP contribution in [0.5, 0.6) is 0 Å². The van der Waals surface area contributed by atoms with Crippen molar-refractivity contribution in [1.29, 1.82) is 0 Å². The Hall–Kier alpha value is -1.05. The minimum atomic E-state index is 0.00453. The highest BCUT2D eigenvalue weighted by molar-refractivity contribution is 5.92. The number of carbonyl (C=O) groups excluding carboxylic acids is 1. The van der Waals surface area contributed by atoms with Crippen molar-refractivity contribution in [3.8, 4) is 0 Å². The molecule has 120 valence electrons. The molecule has 2 nitrogen and oxygen atoms in total. The molecule has 0 radical (unpaired) electrons. The lowest BCUT2D eigenvalue weighted by molar-refractivity contribution is -0.116. The molecular weight excluding hydrogens is 272 g/mol. The maximum atomic E-state index is 11.8. The van der Waals surface area contributed by atoms with Gasteiger partial charge in [0.05, 0.1) is 0 Å². The average Bonchev–Trinajstić information content (AvgIpc) is 2.77. The van der Waals surface area contributed by atoms with Crippen LogP contribution < -0.4 is 0 Å². The molecule has 0 aromatic heterocycles. The van der Waals surface area contributed by atoms with Crippen molar-refractivity contribution < 1.29 is 9.90 Å². The molecule has 0 heterocycles. The van der Waals surface area contributed by atoms with E-state index in [-0.39, 0.29) is 11.2 Å². The Kier molecular flexibility index (Phi) is 2.97. The molecule has 1 N–H and O–H groups in total. The second-order valence-corrected chi connectivity index (χ2v) is 8.81. The van der Waals surface area contributed by atoms with Gasteiger partial charge in [0, 0.05) is 17.4 Å². The first-order chi connectivity index (χ1) is 10.4. The first-order valence-electron chi connectivity index (χ1n) is 9.02. The number of hydrogen-bond donors (Lipinski definition) is 1. The molecule has 0 spiro atoms. The summed E-state index contributed by atoms with van der Waals surface area (Å²) in [4.78, 5) is 11.8. The number of rotatable bonds is 0. The summed E-state index contributed by atoms with van der Waals surface area (Å²) in [5.41, 5.74) is 1.38. The largest absolute Gasteiger partial charge is 0.508 e. The Morgan fingerprint density at radius 1 is 1.14 bits per heavy atom. The van der Waals surface area contributed by atoms with Gasteiger partial charge in [-0.1, -0.05) is 20.8 Å². The maximum Gasteiger partial charge on any atom is 0.156 e. The van der Waals surface area contributed by atoms with Gasteiger partial charge in [0.2, 0.25) is 0 Å². The van der Waals surface area contributed by atoms with Gasteiger partial charge in [-0.15, -0.1) is 0 Å². The highest BCUT2D eigenvalue weighted by Gasteiger charge is 2.58. The number of ketones is 1. The van der Waals surface area contributed by atoms with Crippen molar-refractivity contribution in [1.82, 2.24) is 0 Å². The van der Waals surface area contributed by atoms with E-state index in [1.54, 1.807) is 6.08 Å². The molecule has 2 heteroatoms. The monoisotopic (exact) mass is 300 g/mol. The van der Waals surface area contributed by atoms with E-state index in [1.165, 1.54) is 25.7 Å². The van der Waals surface area contributed by atoms with Crippen LogP contribution in [-0.2, 0) is 4.79 Å². The number of fused-ring (bicyclic) bond motifs is 5. The fourth-order valence-electron chi connectivity index (χ4n) is 6.37. The first-order valence-corrected chi connectivity index (χ1v) is 9.02. The smallest absolute Gasteiger partial charge is 0.156 e. The molecule has 5 unspecified atom stereocenters. The van der Waals surface area contributed by atoms with Crippen LogP contribution in [0.2, 0.25) is 0 Å². The summed E-state index contributed by atoms with van der Waals surface area (Å²) in [6.45, 7) is 7.20. The number of carbonyl (C=O) groups is 1. The number of allylic oxidation sites excluding steroid dienone is 3. The van der Waals surface area contributed by atoms with Crippen molar-refractivity contribution in [2.75, 3.05) is 0 Å². The summed E-state index contributed by atoms with van der Waals surface area (Å²) in [6, 6.07) is 0. The van der Waals surface area contributed by atoms with E-state index in [9.17, 15) is 9.90 Å². The SMILES string of the molecule is CC1CCC2C3C=C(O)C4=CC(=O)CC[C@]4(C)C3CCC12C. The van der Waals surface area contributed by atoms with E-state index in [4.69, 9.17) is 0 Å². The van der Waals surface area contributed by atoms with Gasteiger partial charge in [-0.05, 0) is 73.3 Å². The zero-order valence-corrected chi connectivity index (χ0v) is 14.1. The lowest BCUT2D eigenvalue weighted by Gasteiger charge is -2.56. The van der Waals surface area contributed by atoms with Gasteiger partial charge in [0.1, 0.15) is 5.76 Å². The fourth-order valence-corrected chi connectivity index (χ4v) is 6.37. The van der Waals surface area contributed by atoms with Crippen LogP contribution in [-0.4, -0.2) is 10.9 Å². The maximum absolute atomic E-state index is 11.8. The molecular formula is C20H28O2. The standard InChI is InChI=1S/C20H28O2/c1-12-4-5-15-14-11-18(22)17-10-13(21)6-8-20(17,3)16(14)7-9-19(12,15)2/h10-12,14-16,22H,4-9H2,1-3H3/t12?,14?,15?,16?,19?,20-/m1/s1. The number of aliphatic hydroxyl groups is 1. The van der Waals surface area contributed by atoms with Gasteiger partial charge in [0.15, 0.2) is 5.78 Å². The van der Waals surface area contributed by atoms with Gasteiger partial charge in [0.25, 0.3) is 0 Å². The third kappa shape index (κ3) is 1.70. The minimum Gasteiger partial charge on any atom is -0.508 e. The van der Waals surface area contributed by atoms with E-state index in [1.807, 2.05) is 0 Å². The second kappa shape index (κ2) is 4.49. The van der Waals surface area contributed by atoms with Gasteiger partial charge < -0.3 is 5.11 Å². The van der Waals surface area contributed by atoms with Crippen LogP contribution >= 0.6 is 0 Å². The topological polar surface area (TPSA) is 37.3 Å². The molecule has 2 saturated carbocycles. The van der Waals surface area contributed by atoms with Crippen molar-refractivity contribution in [2.45, 2.75) is 59.3 Å². The Morgan fingerprint density at radius 3 is 2.68 bits per heavy atom. The lowest BCUT2D eigenvalue weighted by atomic mass is 9.48. The van der Waals surface area contributed by atoms with Crippen LogP contribution in [0, 0.1) is 34.5 Å². The third-order valence-electron chi connectivity index (χ3n) is 8.06. The molecule has 4 aliphatic rings. The van der Waals surface area contributed by atoms with E-state index in [0.29, 0.717) is 35.3 Å². The van der Waals surface area contributed by atoms with Crippen LogP contribution in [0.25, 0.3) is 0 Å². The summed E-state index contributed by atoms with van der Waals surface area (Å²) in [7, 11) is 0. The van der Waals surface area contributed by atoms with Gasteiger partial charge in [-0.25, -0.2) is 0 Å². The summed E-state index contributed by atoms with van der Waals surface area (Å²) < 4.78 is 0. The first kappa shape index (κ1) is 14.5. The third-order valence-corrected chi connectivity index (χ3v) is 8.06. The molecule has 22 heavy (non-hydrogen) atoms. The summed E-state index contributed by atoms with van der Waals surface area (Å²) in [6.07, 6.45) is 10.6. The molecule has 0 aromatic carbocycles. The normalized spacial score (nSPS) is 50.6. The van der Waals surface area contributed by atoms with Crippen molar-refractivity contribution >= 4 is 5.78 Å². The molecule has 0 saturated heterocycles. The van der Waals surface area contributed by atoms with Gasteiger partial charge in [-0.2, -0.15) is 0 Å². The van der Waals surface area contributed by atoms with Crippen molar-refractivity contribution in [3.63, 3.8) is 0 Å². The van der Waals surface area contributed by atoms with Crippen LogP contribution in [0.15, 0.2) is 23.5 Å². The van der Waals surface area contributed by atoms with E-state index < -0.39 is 0 Å². The predicted molar refractivity (Wildman–Crippen MR) is 87.4 cm³/mol. The summed E-state index contributed by atoms with van der Waals surface area (Å²) in [5.74, 6) is 3.19. The Labute approximate surface area is 133 Å². The molecule has 0 aliphatic heterocycles. The van der Waals surface area contributed by atoms with Crippen LogP contribution in [0.1, 0.15) is 59.3 Å². The fraction of sp³-hybridized carbons (Fsp3) is 0.750. The van der Waals surface area contributed by atoms with Crippen molar-refractivity contribution in [2.24, 2.45) is 34.5 Å². The summed E-state index contributed by atoms with van der Waals surface area (Å²) >= 11 is 0. The molecule has 2 fully saturated rings. The molecule has 0 amide bonds. The molecule has 6 atom stereocenters. The Balaban J connectivity index is 1.80. The lowest BCUT2D eigenvalue weighted by Crippen LogP contribution is -2.49. The zero-order chi connectivity index (χ0) is 15.7. The average molecular weight is 300 g/mol. The van der Waals surface area contributed by atoms with E-state index in [0.717, 1.165) is 17.9 Å². The van der Waals surface area contributed by atoms with Gasteiger partial charge >= 0.3 is 0 Å². The highest BCUT2D eigenvalue weighted by Crippen LogP contribution is 2.65. The Morgan fingerprint density at radius 2 is 1.91 bits per heavy atom. The zero-order valence-electron chi connectivity index (χ0n) is 14.1. The van der Waals surface area contributed by atoms with Crippen LogP contribution in [0.4, 0.5) is 0 Å². The number of hydrogen-bond acceptors (Lipinski definition) is 2. The predicted octanol–water partition coefficient (Wildman–Crippen LogP) is 4.82. The number of aliphatic hydroxyl groups excluding tert-OH is 1. The summed E-state index contributed by atoms with van der Waals surface area (Å²) in [5, 5.41) is 10.6.